The molecular formula is C52H32N6. The molecule has 0 spiro atoms. The molecule has 0 radical (unpaired) electrons. The lowest BCUT2D eigenvalue weighted by molar-refractivity contribution is 1.07. The molecule has 0 fully saturated rings. The number of pyridine rings is 1. The molecule has 0 saturated carbocycles. The number of aromatic nitrogens is 6. The molecule has 0 aliphatic rings. The fourth-order valence-electron chi connectivity index (χ4n) is 8.71. The molecule has 6 heteroatoms. The Morgan fingerprint density at radius 3 is 1.57 bits per heavy atom. The largest absolute Gasteiger partial charge is 0.309 e. The van der Waals surface area contributed by atoms with Crippen LogP contribution in [0, 0.1) is 0 Å². The number of imidazole rings is 1. The zero-order chi connectivity index (χ0) is 38.2. The van der Waals surface area contributed by atoms with Crippen LogP contribution >= 0.6 is 0 Å². The fraction of sp³-hybridized carbons (Fsp3) is 0. The monoisotopic (exact) mass is 740 g/mol. The third-order valence-corrected chi connectivity index (χ3v) is 11.3. The van der Waals surface area contributed by atoms with E-state index in [1.807, 2.05) is 60.7 Å². The first-order valence-corrected chi connectivity index (χ1v) is 19.5. The van der Waals surface area contributed by atoms with Crippen molar-refractivity contribution in [2.75, 3.05) is 0 Å². The Bertz CT molecular complexity index is 3490. The van der Waals surface area contributed by atoms with Gasteiger partial charge < -0.3 is 4.57 Å². The summed E-state index contributed by atoms with van der Waals surface area (Å²) in [6, 6.07) is 68.0. The lowest BCUT2D eigenvalue weighted by atomic mass is 10.0. The highest BCUT2D eigenvalue weighted by Crippen LogP contribution is 2.42. The van der Waals surface area contributed by atoms with E-state index < -0.39 is 0 Å². The number of nitrogens with zero attached hydrogens (tertiary/aromatic N) is 6. The first-order chi connectivity index (χ1) is 28.8. The van der Waals surface area contributed by atoms with Crippen LogP contribution in [0.4, 0.5) is 0 Å². The van der Waals surface area contributed by atoms with E-state index in [2.05, 4.69) is 142 Å². The summed E-state index contributed by atoms with van der Waals surface area (Å²) in [6.07, 6.45) is 0. The number of rotatable bonds is 5. The Balaban J connectivity index is 1.00. The SMILES string of the molecule is c1ccc(-c2nc(-c3ccccc3)nc(-c3cccc(-c4ccc(-n5c6ccccc6c6c7c8ccccc8c8nc9ccccc9n8c7ccc65)cc4)c3)n2)cc1. The maximum absolute atomic E-state index is 5.13. The molecule has 8 aromatic carbocycles. The first kappa shape index (κ1) is 32.3. The molecule has 12 rings (SSSR count). The lowest BCUT2D eigenvalue weighted by Crippen LogP contribution is -2.00. The summed E-state index contributed by atoms with van der Waals surface area (Å²) in [4.78, 5) is 20.0. The molecule has 0 bridgehead atoms. The molecule has 0 atom stereocenters. The molecule has 0 N–H and O–H groups in total. The maximum atomic E-state index is 5.13. The van der Waals surface area contributed by atoms with Crippen LogP contribution in [0.15, 0.2) is 194 Å². The minimum Gasteiger partial charge on any atom is -0.309 e. The van der Waals surface area contributed by atoms with Crippen molar-refractivity contribution in [1.29, 1.82) is 0 Å². The second-order valence-corrected chi connectivity index (χ2v) is 14.7. The predicted octanol–water partition coefficient (Wildman–Crippen LogP) is 12.7. The third-order valence-electron chi connectivity index (χ3n) is 11.3. The summed E-state index contributed by atoms with van der Waals surface area (Å²) in [7, 11) is 0. The lowest BCUT2D eigenvalue weighted by Gasteiger charge is -2.12. The maximum Gasteiger partial charge on any atom is 0.164 e. The van der Waals surface area contributed by atoms with Crippen LogP contribution in [0.25, 0.3) is 111 Å². The summed E-state index contributed by atoms with van der Waals surface area (Å²) < 4.78 is 4.74. The standard InChI is InChI=1S/C52H32N6/c1-3-14-34(15-4-1)49-54-50(35-16-5-2-6-17-35)56-51(55-49)37-19-13-18-36(32-37)33-26-28-38(29-27-33)57-43-24-11-9-22-41(43)48-45(57)30-31-46-47(48)39-20-7-8-21-40(39)52-53-42-23-10-12-25-44(42)58(46)52/h1-32H. The highest BCUT2D eigenvalue weighted by atomic mass is 15.0. The number of para-hydroxylation sites is 3. The van der Waals surface area contributed by atoms with E-state index in [1.54, 1.807) is 0 Å². The minimum absolute atomic E-state index is 0.636. The van der Waals surface area contributed by atoms with E-state index in [1.165, 1.54) is 21.5 Å². The number of fused-ring (bicyclic) bond motifs is 12. The third kappa shape index (κ3) is 4.98. The number of hydrogen-bond acceptors (Lipinski definition) is 4. The Kier molecular flexibility index (Phi) is 7.13. The van der Waals surface area contributed by atoms with Crippen molar-refractivity contribution < 1.29 is 0 Å². The zero-order valence-corrected chi connectivity index (χ0v) is 31.2. The van der Waals surface area contributed by atoms with Gasteiger partial charge in [0.1, 0.15) is 5.65 Å². The van der Waals surface area contributed by atoms with Crippen LogP contribution in [0.2, 0.25) is 0 Å². The molecule has 4 heterocycles. The van der Waals surface area contributed by atoms with E-state index in [0.29, 0.717) is 17.5 Å². The van der Waals surface area contributed by atoms with Gasteiger partial charge >= 0.3 is 0 Å². The van der Waals surface area contributed by atoms with E-state index >= 15 is 0 Å². The average molecular weight is 741 g/mol. The van der Waals surface area contributed by atoms with Gasteiger partial charge in [0.05, 0.1) is 27.6 Å². The second kappa shape index (κ2) is 12.8. The van der Waals surface area contributed by atoms with Gasteiger partial charge in [-0.3, -0.25) is 4.40 Å². The molecule has 12 aromatic rings. The van der Waals surface area contributed by atoms with Crippen LogP contribution in [-0.4, -0.2) is 28.9 Å². The number of benzene rings is 8. The van der Waals surface area contributed by atoms with Gasteiger partial charge in [-0.25, -0.2) is 19.9 Å². The molecule has 4 aromatic heterocycles. The van der Waals surface area contributed by atoms with Crippen molar-refractivity contribution >= 4 is 60.2 Å². The molecule has 6 nitrogen and oxygen atoms in total. The van der Waals surface area contributed by atoms with Crippen LogP contribution < -0.4 is 0 Å². The summed E-state index contributed by atoms with van der Waals surface area (Å²) in [6.45, 7) is 0. The molecule has 0 aliphatic carbocycles. The molecule has 0 saturated heterocycles. The van der Waals surface area contributed by atoms with Gasteiger partial charge in [-0.15, -0.1) is 0 Å². The second-order valence-electron chi connectivity index (χ2n) is 14.7. The summed E-state index contributed by atoms with van der Waals surface area (Å²) in [5.74, 6) is 1.93. The van der Waals surface area contributed by atoms with Crippen molar-refractivity contribution in [3.8, 4) is 51.0 Å². The summed E-state index contributed by atoms with van der Waals surface area (Å²) in [5, 5.41) is 6.04. The van der Waals surface area contributed by atoms with Crippen molar-refractivity contribution in [3.63, 3.8) is 0 Å². The smallest absolute Gasteiger partial charge is 0.164 e. The van der Waals surface area contributed by atoms with Crippen LogP contribution in [-0.2, 0) is 0 Å². The Morgan fingerprint density at radius 1 is 0.310 bits per heavy atom. The highest BCUT2D eigenvalue weighted by molar-refractivity contribution is 6.29. The van der Waals surface area contributed by atoms with Crippen molar-refractivity contribution in [2.24, 2.45) is 0 Å². The van der Waals surface area contributed by atoms with Gasteiger partial charge in [0.2, 0.25) is 0 Å². The van der Waals surface area contributed by atoms with Gasteiger partial charge in [0.15, 0.2) is 17.5 Å². The van der Waals surface area contributed by atoms with Gasteiger partial charge in [0, 0.05) is 43.9 Å². The van der Waals surface area contributed by atoms with Gasteiger partial charge in [-0.05, 0) is 65.0 Å². The Morgan fingerprint density at radius 2 is 0.845 bits per heavy atom. The quantitative estimate of drug-likeness (QED) is 0.165. The summed E-state index contributed by atoms with van der Waals surface area (Å²) >= 11 is 0. The van der Waals surface area contributed by atoms with Crippen LogP contribution in [0.1, 0.15) is 0 Å². The fourth-order valence-corrected chi connectivity index (χ4v) is 8.71. The van der Waals surface area contributed by atoms with Crippen molar-refractivity contribution in [3.05, 3.63) is 194 Å². The van der Waals surface area contributed by atoms with E-state index in [4.69, 9.17) is 19.9 Å². The zero-order valence-electron chi connectivity index (χ0n) is 31.2. The minimum atomic E-state index is 0.636. The molecular weight excluding hydrogens is 709 g/mol. The van der Waals surface area contributed by atoms with Crippen molar-refractivity contribution in [2.45, 2.75) is 0 Å². The normalized spacial score (nSPS) is 11.8. The molecule has 0 aliphatic heterocycles. The van der Waals surface area contributed by atoms with Gasteiger partial charge in [-0.1, -0.05) is 146 Å². The van der Waals surface area contributed by atoms with Crippen molar-refractivity contribution in [1.82, 2.24) is 28.9 Å². The van der Waals surface area contributed by atoms with Gasteiger partial charge in [-0.2, -0.15) is 0 Å². The molecule has 58 heavy (non-hydrogen) atoms. The summed E-state index contributed by atoms with van der Waals surface area (Å²) in [5.41, 5.74) is 12.7. The molecule has 270 valence electrons. The predicted molar refractivity (Wildman–Crippen MR) is 237 cm³/mol. The Labute approximate surface area is 333 Å². The average Bonchev–Trinajstić information content (AvgIpc) is 3.86. The van der Waals surface area contributed by atoms with E-state index in [0.717, 1.165) is 72.1 Å². The Hall–Kier alpha value is -7.96. The van der Waals surface area contributed by atoms with Crippen LogP contribution in [0.3, 0.4) is 0 Å². The topological polar surface area (TPSA) is 60.9 Å². The van der Waals surface area contributed by atoms with E-state index in [9.17, 15) is 0 Å². The number of hydrogen-bond donors (Lipinski definition) is 0. The molecule has 0 unspecified atom stereocenters. The highest BCUT2D eigenvalue weighted by Gasteiger charge is 2.20. The van der Waals surface area contributed by atoms with Crippen LogP contribution in [0.5, 0.6) is 0 Å². The van der Waals surface area contributed by atoms with Gasteiger partial charge in [0.25, 0.3) is 0 Å². The van der Waals surface area contributed by atoms with E-state index in [-0.39, 0.29) is 0 Å². The first-order valence-electron chi connectivity index (χ1n) is 19.5. The molecule has 0 amide bonds.